The molecule has 2 N–H and O–H groups in total. The van der Waals surface area contributed by atoms with Crippen LogP contribution in [0.15, 0.2) is 67.4 Å². The molecule has 4 aromatic rings. The van der Waals surface area contributed by atoms with E-state index in [2.05, 4.69) is 20.7 Å². The number of rotatable bonds is 7. The fourth-order valence-electron chi connectivity index (χ4n) is 3.89. The number of benzene rings is 2. The van der Waals surface area contributed by atoms with Gasteiger partial charge in [0.05, 0.1) is 6.54 Å². The van der Waals surface area contributed by atoms with Crippen LogP contribution in [0.1, 0.15) is 31.9 Å². The Kier molecular flexibility index (Phi) is 6.86. The van der Waals surface area contributed by atoms with Crippen molar-refractivity contribution in [2.75, 3.05) is 5.32 Å². The zero-order valence-electron chi connectivity index (χ0n) is 20.4. The molecule has 0 radical (unpaired) electrons. The summed E-state index contributed by atoms with van der Waals surface area (Å²) >= 11 is 0. The maximum absolute atomic E-state index is 13.3. The summed E-state index contributed by atoms with van der Waals surface area (Å²) in [5.41, 5.74) is 2.99. The molecule has 4 rings (SSSR count). The van der Waals surface area contributed by atoms with Crippen LogP contribution in [0.3, 0.4) is 0 Å². The molecule has 0 aliphatic rings. The number of alkyl carbamates (subject to hydrolysis) is 1. The highest BCUT2D eigenvalue weighted by molar-refractivity contribution is 5.97. The van der Waals surface area contributed by atoms with Crippen molar-refractivity contribution in [3.63, 3.8) is 0 Å². The number of amides is 2. The second kappa shape index (κ2) is 10.0. The molecule has 0 aliphatic carbocycles. The molecule has 2 aromatic carbocycles. The topological polar surface area (TPSA) is 103 Å². The van der Waals surface area contributed by atoms with E-state index in [9.17, 15) is 9.59 Å². The lowest BCUT2D eigenvalue weighted by atomic mass is 10.0. The van der Waals surface area contributed by atoms with Crippen LogP contribution in [0, 0.1) is 0 Å². The first-order valence-corrected chi connectivity index (χ1v) is 11.4. The third kappa shape index (κ3) is 6.26. The Morgan fingerprint density at radius 1 is 1.09 bits per heavy atom. The number of hydrogen-bond donors (Lipinski definition) is 2. The zero-order chi connectivity index (χ0) is 25.0. The molecular formula is C26H30N6O3. The highest BCUT2D eigenvalue weighted by Gasteiger charge is 2.26. The average Bonchev–Trinajstić information content (AvgIpc) is 3.41. The van der Waals surface area contributed by atoms with Crippen LogP contribution >= 0.6 is 0 Å². The molecule has 0 saturated heterocycles. The number of para-hydroxylation sites is 1. The summed E-state index contributed by atoms with van der Waals surface area (Å²) in [5, 5.41) is 10.8. The monoisotopic (exact) mass is 474 g/mol. The molecule has 1 atom stereocenters. The molecule has 0 saturated carbocycles. The first kappa shape index (κ1) is 24.0. The predicted octanol–water partition coefficient (Wildman–Crippen LogP) is 3.89. The summed E-state index contributed by atoms with van der Waals surface area (Å²) in [5.74, 6) is -0.326. The summed E-state index contributed by atoms with van der Waals surface area (Å²) in [7, 11) is 1.96. The molecule has 2 heterocycles. The number of nitrogens with one attached hydrogen (secondary N) is 2. The number of carbonyl (C=O) groups is 2. The van der Waals surface area contributed by atoms with Crippen LogP contribution in [-0.2, 0) is 29.5 Å². The summed E-state index contributed by atoms with van der Waals surface area (Å²) in [6, 6.07) is 14.6. The molecule has 35 heavy (non-hydrogen) atoms. The fourth-order valence-corrected chi connectivity index (χ4v) is 3.89. The first-order chi connectivity index (χ1) is 16.7. The van der Waals surface area contributed by atoms with Gasteiger partial charge in [0, 0.05) is 36.3 Å². The smallest absolute Gasteiger partial charge is 0.408 e. The summed E-state index contributed by atoms with van der Waals surface area (Å²) in [6.07, 6.45) is 4.80. The van der Waals surface area contributed by atoms with Gasteiger partial charge in [0.2, 0.25) is 5.91 Å². The highest BCUT2D eigenvalue weighted by Crippen LogP contribution is 2.22. The van der Waals surface area contributed by atoms with Crippen LogP contribution in [0.2, 0.25) is 0 Å². The standard InChI is InChI=1S/C26H30N6O3/c1-26(2,3)35-25(34)30-22(13-19-15-31(4)23-8-6-5-7-21(19)23)24(33)29-20-11-9-18(10-12-20)14-32-17-27-16-28-32/h5-12,15-17,22H,13-14H2,1-4H3,(H,29,33)(H,30,34)/t22-/m1/s1. The number of fused-ring (bicyclic) bond motifs is 1. The van der Waals surface area contributed by atoms with Crippen molar-refractivity contribution in [1.29, 1.82) is 0 Å². The van der Waals surface area contributed by atoms with E-state index in [4.69, 9.17) is 4.74 Å². The van der Waals surface area contributed by atoms with E-state index in [1.165, 1.54) is 6.33 Å². The van der Waals surface area contributed by atoms with Crippen LogP contribution in [0.25, 0.3) is 10.9 Å². The molecule has 0 fully saturated rings. The van der Waals surface area contributed by atoms with Gasteiger partial charge in [-0.2, -0.15) is 5.10 Å². The van der Waals surface area contributed by atoms with Gasteiger partial charge in [-0.15, -0.1) is 0 Å². The maximum atomic E-state index is 13.3. The Bertz CT molecular complexity index is 1300. The van der Waals surface area contributed by atoms with E-state index in [0.717, 1.165) is 22.0 Å². The van der Waals surface area contributed by atoms with Crippen molar-refractivity contribution in [1.82, 2.24) is 24.6 Å². The number of hydrogen-bond acceptors (Lipinski definition) is 5. The van der Waals surface area contributed by atoms with Gasteiger partial charge in [0.25, 0.3) is 0 Å². The zero-order valence-corrected chi connectivity index (χ0v) is 20.4. The molecule has 9 nitrogen and oxygen atoms in total. The predicted molar refractivity (Wildman–Crippen MR) is 134 cm³/mol. The number of aromatic nitrogens is 4. The van der Waals surface area contributed by atoms with Gasteiger partial charge >= 0.3 is 6.09 Å². The van der Waals surface area contributed by atoms with E-state index in [1.807, 2.05) is 66.3 Å². The molecule has 2 aromatic heterocycles. The minimum Gasteiger partial charge on any atom is -0.444 e. The van der Waals surface area contributed by atoms with E-state index in [0.29, 0.717) is 18.7 Å². The highest BCUT2D eigenvalue weighted by atomic mass is 16.6. The molecule has 0 unspecified atom stereocenters. The number of nitrogens with zero attached hydrogens (tertiary/aromatic N) is 4. The Balaban J connectivity index is 1.51. The second-order valence-electron chi connectivity index (χ2n) is 9.46. The van der Waals surface area contributed by atoms with Crippen LogP contribution < -0.4 is 10.6 Å². The number of anilines is 1. The molecule has 2 amide bonds. The van der Waals surface area contributed by atoms with Gasteiger partial charge < -0.3 is 19.9 Å². The van der Waals surface area contributed by atoms with Crippen LogP contribution in [-0.4, -0.2) is 43.0 Å². The lowest BCUT2D eigenvalue weighted by molar-refractivity contribution is -0.118. The Morgan fingerprint density at radius 3 is 2.51 bits per heavy atom. The van der Waals surface area contributed by atoms with Crippen molar-refractivity contribution < 1.29 is 14.3 Å². The molecule has 0 aliphatic heterocycles. The SMILES string of the molecule is Cn1cc(C[C@@H](NC(=O)OC(C)(C)C)C(=O)Nc2ccc(Cn3cncn3)cc2)c2ccccc21. The average molecular weight is 475 g/mol. The number of carbonyl (C=O) groups excluding carboxylic acids is 2. The van der Waals surface area contributed by atoms with E-state index in [1.54, 1.807) is 31.8 Å². The Hall–Kier alpha value is -4.14. The van der Waals surface area contributed by atoms with Gasteiger partial charge in [0.15, 0.2) is 0 Å². The van der Waals surface area contributed by atoms with Crippen molar-refractivity contribution in [3.05, 3.63) is 78.5 Å². The lowest BCUT2D eigenvalue weighted by Gasteiger charge is -2.23. The fraction of sp³-hybridized carbons (Fsp3) is 0.308. The van der Waals surface area contributed by atoms with E-state index in [-0.39, 0.29) is 5.91 Å². The quantitative estimate of drug-likeness (QED) is 0.423. The normalized spacial score (nSPS) is 12.3. The first-order valence-electron chi connectivity index (χ1n) is 11.4. The Labute approximate surface area is 204 Å². The molecule has 182 valence electrons. The largest absolute Gasteiger partial charge is 0.444 e. The third-order valence-corrected chi connectivity index (χ3v) is 5.44. The van der Waals surface area contributed by atoms with Gasteiger partial charge in [0.1, 0.15) is 24.3 Å². The van der Waals surface area contributed by atoms with Crippen molar-refractivity contribution in [2.45, 2.75) is 45.4 Å². The van der Waals surface area contributed by atoms with Crippen LogP contribution in [0.5, 0.6) is 0 Å². The van der Waals surface area contributed by atoms with E-state index >= 15 is 0 Å². The maximum Gasteiger partial charge on any atom is 0.408 e. The molecule has 0 bridgehead atoms. The van der Waals surface area contributed by atoms with Gasteiger partial charge in [-0.1, -0.05) is 30.3 Å². The third-order valence-electron chi connectivity index (χ3n) is 5.44. The summed E-state index contributed by atoms with van der Waals surface area (Å²) < 4.78 is 9.15. The van der Waals surface area contributed by atoms with Gasteiger partial charge in [-0.25, -0.2) is 14.5 Å². The Morgan fingerprint density at radius 2 is 1.83 bits per heavy atom. The summed E-state index contributed by atoms with van der Waals surface area (Å²) in [4.78, 5) is 29.8. The van der Waals surface area contributed by atoms with Crippen LogP contribution in [0.4, 0.5) is 10.5 Å². The van der Waals surface area contributed by atoms with E-state index < -0.39 is 17.7 Å². The summed E-state index contributed by atoms with van der Waals surface area (Å²) in [6.45, 7) is 5.94. The number of aryl methyl sites for hydroxylation is 1. The minimum atomic E-state index is -0.828. The van der Waals surface area contributed by atoms with Gasteiger partial charge in [-0.3, -0.25) is 4.79 Å². The lowest BCUT2D eigenvalue weighted by Crippen LogP contribution is -2.47. The molecule has 0 spiro atoms. The van der Waals surface area contributed by atoms with Crippen molar-refractivity contribution in [2.24, 2.45) is 7.05 Å². The van der Waals surface area contributed by atoms with Crippen molar-refractivity contribution >= 4 is 28.6 Å². The minimum absolute atomic E-state index is 0.316. The second-order valence-corrected chi connectivity index (χ2v) is 9.46. The van der Waals surface area contributed by atoms with Gasteiger partial charge in [-0.05, 0) is 50.1 Å². The molecular weight excluding hydrogens is 444 g/mol. The number of ether oxygens (including phenoxy) is 1. The van der Waals surface area contributed by atoms with Crippen molar-refractivity contribution in [3.8, 4) is 0 Å². The molecule has 9 heteroatoms.